The molecule has 3 N–H and O–H groups in total. The van der Waals surface area contributed by atoms with E-state index in [0.29, 0.717) is 18.3 Å². The van der Waals surface area contributed by atoms with E-state index in [0.717, 1.165) is 31.1 Å². The number of anilines is 1. The summed E-state index contributed by atoms with van der Waals surface area (Å²) in [4.78, 5) is 13.7. The first-order valence-corrected chi connectivity index (χ1v) is 7.22. The number of hydrogen-bond acceptors (Lipinski definition) is 5. The first-order valence-electron chi connectivity index (χ1n) is 7.22. The van der Waals surface area contributed by atoms with Crippen LogP contribution in [0.25, 0.3) is 0 Å². The molecule has 2 atom stereocenters. The molecule has 1 fully saturated rings. The number of carbonyl (C=O) groups is 1. The van der Waals surface area contributed by atoms with Gasteiger partial charge in [0.05, 0.1) is 0 Å². The van der Waals surface area contributed by atoms with Crippen LogP contribution in [-0.4, -0.2) is 42.3 Å². The molecule has 6 heteroatoms. The van der Waals surface area contributed by atoms with E-state index < -0.39 is 0 Å². The number of piperidine rings is 1. The standard InChI is InChI=1S/C14H23N5O/c1-3-10-6-7-19(11(8-10)9-15)13-5-4-12(17-18-13)14(20)16-2/h4-5,10-11H,3,6-9,15H2,1-2H3,(H,16,20). The Morgan fingerprint density at radius 3 is 2.85 bits per heavy atom. The van der Waals surface area contributed by atoms with Crippen molar-refractivity contribution in [2.45, 2.75) is 32.2 Å². The lowest BCUT2D eigenvalue weighted by atomic mass is 9.89. The van der Waals surface area contributed by atoms with Gasteiger partial charge in [0.15, 0.2) is 11.5 Å². The third-order valence-electron chi connectivity index (χ3n) is 4.08. The van der Waals surface area contributed by atoms with Crippen molar-refractivity contribution in [1.29, 1.82) is 0 Å². The third kappa shape index (κ3) is 3.07. The normalized spacial score (nSPS) is 22.6. The number of aromatic nitrogens is 2. The molecular formula is C14H23N5O. The zero-order chi connectivity index (χ0) is 14.5. The lowest BCUT2D eigenvalue weighted by molar-refractivity contribution is 0.0957. The van der Waals surface area contributed by atoms with Crippen molar-refractivity contribution < 1.29 is 4.79 Å². The van der Waals surface area contributed by atoms with Gasteiger partial charge >= 0.3 is 0 Å². The van der Waals surface area contributed by atoms with E-state index in [9.17, 15) is 4.79 Å². The first-order chi connectivity index (χ1) is 9.69. The van der Waals surface area contributed by atoms with Gasteiger partial charge < -0.3 is 16.0 Å². The van der Waals surface area contributed by atoms with Crippen molar-refractivity contribution in [3.8, 4) is 0 Å². The smallest absolute Gasteiger partial charge is 0.271 e. The highest BCUT2D eigenvalue weighted by Crippen LogP contribution is 2.27. The molecule has 2 unspecified atom stereocenters. The average molecular weight is 277 g/mol. The predicted molar refractivity (Wildman–Crippen MR) is 78.6 cm³/mol. The molecule has 0 saturated carbocycles. The van der Waals surface area contributed by atoms with Gasteiger partial charge in [0, 0.05) is 26.2 Å². The van der Waals surface area contributed by atoms with Crippen LogP contribution in [0.2, 0.25) is 0 Å². The van der Waals surface area contributed by atoms with Crippen LogP contribution in [-0.2, 0) is 0 Å². The molecule has 110 valence electrons. The van der Waals surface area contributed by atoms with Gasteiger partial charge in [0.2, 0.25) is 0 Å². The second kappa shape index (κ2) is 6.65. The summed E-state index contributed by atoms with van der Waals surface area (Å²) in [5, 5.41) is 10.7. The highest BCUT2D eigenvalue weighted by Gasteiger charge is 2.27. The number of rotatable bonds is 4. The van der Waals surface area contributed by atoms with Crippen molar-refractivity contribution in [2.24, 2.45) is 11.7 Å². The van der Waals surface area contributed by atoms with Crippen LogP contribution < -0.4 is 16.0 Å². The highest BCUT2D eigenvalue weighted by molar-refractivity contribution is 5.91. The molecule has 1 amide bonds. The Labute approximate surface area is 119 Å². The van der Waals surface area contributed by atoms with E-state index >= 15 is 0 Å². The van der Waals surface area contributed by atoms with Crippen molar-refractivity contribution in [3.63, 3.8) is 0 Å². The Morgan fingerprint density at radius 2 is 2.30 bits per heavy atom. The molecule has 1 aliphatic heterocycles. The average Bonchev–Trinajstić information content (AvgIpc) is 2.53. The first kappa shape index (κ1) is 14.7. The minimum absolute atomic E-state index is 0.218. The fraction of sp³-hybridized carbons (Fsp3) is 0.643. The monoisotopic (exact) mass is 277 g/mol. The van der Waals surface area contributed by atoms with E-state index in [1.54, 1.807) is 13.1 Å². The molecule has 0 bridgehead atoms. The van der Waals surface area contributed by atoms with Gasteiger partial charge in [-0.2, -0.15) is 0 Å². The lowest BCUT2D eigenvalue weighted by Gasteiger charge is -2.39. The maximum atomic E-state index is 11.5. The summed E-state index contributed by atoms with van der Waals surface area (Å²) in [6, 6.07) is 3.88. The molecule has 0 spiro atoms. The number of carbonyl (C=O) groups excluding carboxylic acids is 1. The van der Waals surface area contributed by atoms with E-state index in [4.69, 9.17) is 5.73 Å². The fourth-order valence-electron chi connectivity index (χ4n) is 2.76. The maximum absolute atomic E-state index is 11.5. The molecule has 0 radical (unpaired) electrons. The Kier molecular flexibility index (Phi) is 4.89. The summed E-state index contributed by atoms with van der Waals surface area (Å²) in [6.07, 6.45) is 3.46. The molecule has 1 aliphatic rings. The number of nitrogens with one attached hydrogen (secondary N) is 1. The summed E-state index contributed by atoms with van der Waals surface area (Å²) in [5.74, 6) is 1.34. The number of hydrogen-bond donors (Lipinski definition) is 2. The van der Waals surface area contributed by atoms with Crippen LogP contribution >= 0.6 is 0 Å². The van der Waals surface area contributed by atoms with Gasteiger partial charge in [-0.15, -0.1) is 10.2 Å². The minimum atomic E-state index is -0.218. The van der Waals surface area contributed by atoms with E-state index in [-0.39, 0.29) is 5.91 Å². The van der Waals surface area contributed by atoms with Crippen molar-refractivity contribution in [1.82, 2.24) is 15.5 Å². The number of nitrogens with two attached hydrogens (primary N) is 1. The summed E-state index contributed by atoms with van der Waals surface area (Å²) < 4.78 is 0. The van der Waals surface area contributed by atoms with Gasteiger partial charge in [-0.25, -0.2) is 0 Å². The lowest BCUT2D eigenvalue weighted by Crippen LogP contribution is -2.47. The fourth-order valence-corrected chi connectivity index (χ4v) is 2.76. The third-order valence-corrected chi connectivity index (χ3v) is 4.08. The summed E-state index contributed by atoms with van der Waals surface area (Å²) in [5.41, 5.74) is 6.23. The van der Waals surface area contributed by atoms with Crippen LogP contribution in [0.4, 0.5) is 5.82 Å². The molecule has 1 aromatic heterocycles. The van der Waals surface area contributed by atoms with Gasteiger partial charge in [-0.05, 0) is 30.9 Å². The second-order valence-electron chi connectivity index (χ2n) is 5.24. The van der Waals surface area contributed by atoms with Crippen molar-refractivity contribution >= 4 is 11.7 Å². The number of amides is 1. The van der Waals surface area contributed by atoms with Crippen LogP contribution in [0.5, 0.6) is 0 Å². The molecule has 0 aliphatic carbocycles. The van der Waals surface area contributed by atoms with Crippen LogP contribution in [0, 0.1) is 5.92 Å². The molecule has 1 saturated heterocycles. The molecule has 6 nitrogen and oxygen atoms in total. The van der Waals surface area contributed by atoms with Crippen LogP contribution in [0.3, 0.4) is 0 Å². The highest BCUT2D eigenvalue weighted by atomic mass is 16.1. The largest absolute Gasteiger partial charge is 0.354 e. The summed E-state index contributed by atoms with van der Waals surface area (Å²) in [6.45, 7) is 3.80. The van der Waals surface area contributed by atoms with Crippen molar-refractivity contribution in [2.75, 3.05) is 25.0 Å². The van der Waals surface area contributed by atoms with E-state index in [2.05, 4.69) is 27.3 Å². The summed E-state index contributed by atoms with van der Waals surface area (Å²) >= 11 is 0. The molecule has 2 heterocycles. The van der Waals surface area contributed by atoms with Crippen LogP contribution in [0.15, 0.2) is 12.1 Å². The van der Waals surface area contributed by atoms with Gasteiger partial charge in [0.25, 0.3) is 5.91 Å². The molecule has 0 aromatic carbocycles. The Morgan fingerprint density at radius 1 is 1.50 bits per heavy atom. The zero-order valence-corrected chi connectivity index (χ0v) is 12.2. The van der Waals surface area contributed by atoms with Gasteiger partial charge in [-0.1, -0.05) is 13.3 Å². The summed E-state index contributed by atoms with van der Waals surface area (Å²) in [7, 11) is 1.58. The van der Waals surface area contributed by atoms with E-state index in [1.165, 1.54) is 6.42 Å². The second-order valence-corrected chi connectivity index (χ2v) is 5.24. The van der Waals surface area contributed by atoms with Gasteiger partial charge in [-0.3, -0.25) is 4.79 Å². The van der Waals surface area contributed by atoms with Crippen LogP contribution in [0.1, 0.15) is 36.7 Å². The molecule has 1 aromatic rings. The molecular weight excluding hydrogens is 254 g/mol. The zero-order valence-electron chi connectivity index (χ0n) is 12.2. The Balaban J connectivity index is 2.12. The van der Waals surface area contributed by atoms with Crippen molar-refractivity contribution in [3.05, 3.63) is 17.8 Å². The molecule has 20 heavy (non-hydrogen) atoms. The quantitative estimate of drug-likeness (QED) is 0.850. The molecule has 2 rings (SSSR count). The predicted octanol–water partition coefficient (Wildman–Crippen LogP) is 0.790. The Hall–Kier alpha value is -1.69. The number of nitrogens with zero attached hydrogens (tertiary/aromatic N) is 3. The SMILES string of the molecule is CCC1CCN(c2ccc(C(=O)NC)nn2)C(CN)C1. The maximum Gasteiger partial charge on any atom is 0.271 e. The topological polar surface area (TPSA) is 84.1 Å². The Bertz CT molecular complexity index is 447. The minimum Gasteiger partial charge on any atom is -0.354 e. The van der Waals surface area contributed by atoms with E-state index in [1.807, 2.05) is 6.07 Å². The van der Waals surface area contributed by atoms with Gasteiger partial charge in [0.1, 0.15) is 0 Å².